The van der Waals surface area contributed by atoms with E-state index in [1.165, 1.54) is 27.8 Å². The Hall–Kier alpha value is -1.27. The van der Waals surface area contributed by atoms with Gasteiger partial charge in [-0.15, -0.1) is 11.6 Å². The highest BCUT2D eigenvalue weighted by Gasteiger charge is 2.26. The molecule has 0 bridgehead atoms. The highest BCUT2D eigenvalue weighted by Crippen LogP contribution is 2.42. The van der Waals surface area contributed by atoms with Crippen LogP contribution in [0.2, 0.25) is 0 Å². The molecule has 1 aliphatic carbocycles. The monoisotopic (exact) mass is 242 g/mol. The zero-order valence-electron chi connectivity index (χ0n) is 10.1. The summed E-state index contributed by atoms with van der Waals surface area (Å²) in [6.45, 7) is 4.13. The van der Waals surface area contributed by atoms with Gasteiger partial charge in [-0.25, -0.2) is 0 Å². The summed E-state index contributed by atoms with van der Waals surface area (Å²) < 4.78 is 0. The largest absolute Gasteiger partial charge is 0.115 e. The normalized spacial score (nSPS) is 13.4. The van der Waals surface area contributed by atoms with Crippen LogP contribution in [0.4, 0.5) is 0 Å². The summed E-state index contributed by atoms with van der Waals surface area (Å²) >= 11 is 6.49. The molecule has 0 N–H and O–H groups in total. The number of halogens is 1. The van der Waals surface area contributed by atoms with Gasteiger partial charge in [0.15, 0.2) is 0 Å². The number of rotatable bonds is 1. The summed E-state index contributed by atoms with van der Waals surface area (Å²) in [5.41, 5.74) is 6.79. The Morgan fingerprint density at radius 1 is 0.941 bits per heavy atom. The van der Waals surface area contributed by atoms with E-state index in [1.54, 1.807) is 0 Å². The van der Waals surface area contributed by atoms with Gasteiger partial charge in [0.2, 0.25) is 0 Å². The van der Waals surface area contributed by atoms with E-state index in [0.717, 1.165) is 6.42 Å². The molecule has 0 fully saturated rings. The molecule has 3 rings (SSSR count). The van der Waals surface area contributed by atoms with Gasteiger partial charge < -0.3 is 0 Å². The van der Waals surface area contributed by atoms with E-state index in [0.29, 0.717) is 0 Å². The molecule has 0 spiro atoms. The Balaban J connectivity index is 2.24. The zero-order chi connectivity index (χ0) is 12.0. The Bertz CT molecular complexity index is 576. The van der Waals surface area contributed by atoms with Gasteiger partial charge in [-0.05, 0) is 48.1 Å². The van der Waals surface area contributed by atoms with Crippen molar-refractivity contribution >= 4 is 11.6 Å². The van der Waals surface area contributed by atoms with Crippen LogP contribution in [-0.4, -0.2) is 0 Å². The van der Waals surface area contributed by atoms with E-state index in [9.17, 15) is 0 Å². The lowest BCUT2D eigenvalue weighted by atomic mass is 9.93. The second-order valence-electron chi connectivity index (χ2n) is 5.14. The summed E-state index contributed by atoms with van der Waals surface area (Å²) in [7, 11) is 0. The molecule has 0 amide bonds. The first-order chi connectivity index (χ1) is 8.07. The summed E-state index contributed by atoms with van der Waals surface area (Å²) in [4.78, 5) is -0.298. The average Bonchev–Trinajstić information content (AvgIpc) is 2.65. The molecule has 0 unspecified atom stereocenters. The third kappa shape index (κ3) is 1.68. The fourth-order valence-corrected chi connectivity index (χ4v) is 2.89. The van der Waals surface area contributed by atoms with E-state index >= 15 is 0 Å². The van der Waals surface area contributed by atoms with Gasteiger partial charge >= 0.3 is 0 Å². The van der Waals surface area contributed by atoms with Crippen LogP contribution in [-0.2, 0) is 11.3 Å². The standard InChI is InChI=1S/C16H15Cl/c1-16(2,17)15-9-5-8-13-12-7-4-3-6-11(12)10-14(13)15/h3-9H,10H2,1-2H3. The van der Waals surface area contributed by atoms with Crippen molar-refractivity contribution in [3.05, 3.63) is 59.2 Å². The molecule has 1 heteroatoms. The van der Waals surface area contributed by atoms with Crippen LogP contribution >= 0.6 is 11.6 Å². The first-order valence-corrected chi connectivity index (χ1v) is 6.35. The molecule has 0 heterocycles. The first kappa shape index (κ1) is 10.9. The van der Waals surface area contributed by atoms with Crippen LogP contribution in [0.3, 0.4) is 0 Å². The lowest BCUT2D eigenvalue weighted by Crippen LogP contribution is -2.10. The van der Waals surface area contributed by atoms with Crippen molar-refractivity contribution < 1.29 is 0 Å². The molecule has 0 atom stereocenters. The quantitative estimate of drug-likeness (QED) is 0.541. The number of benzene rings is 2. The van der Waals surface area contributed by atoms with E-state index < -0.39 is 0 Å². The molecule has 2 aromatic carbocycles. The highest BCUT2D eigenvalue weighted by molar-refractivity contribution is 6.23. The molecular weight excluding hydrogens is 228 g/mol. The van der Waals surface area contributed by atoms with Gasteiger partial charge in [0, 0.05) is 0 Å². The topological polar surface area (TPSA) is 0 Å². The van der Waals surface area contributed by atoms with Crippen molar-refractivity contribution in [2.45, 2.75) is 25.1 Å². The number of alkyl halides is 1. The first-order valence-electron chi connectivity index (χ1n) is 5.97. The zero-order valence-corrected chi connectivity index (χ0v) is 10.9. The molecule has 2 aromatic rings. The smallest absolute Gasteiger partial charge is 0.0641 e. The van der Waals surface area contributed by atoms with Crippen molar-refractivity contribution in [1.82, 2.24) is 0 Å². The Kier molecular flexibility index (Phi) is 2.31. The number of hydrogen-bond acceptors (Lipinski definition) is 0. The third-order valence-electron chi connectivity index (χ3n) is 3.49. The maximum absolute atomic E-state index is 6.49. The van der Waals surface area contributed by atoms with E-state index in [4.69, 9.17) is 11.6 Å². The lowest BCUT2D eigenvalue weighted by Gasteiger charge is -2.20. The second kappa shape index (κ2) is 3.61. The molecular formula is C16H15Cl. The fraction of sp³-hybridized carbons (Fsp3) is 0.250. The SMILES string of the molecule is CC(C)(Cl)c1cccc2c1Cc1ccccc1-2. The fourth-order valence-electron chi connectivity index (χ4n) is 2.71. The van der Waals surface area contributed by atoms with Crippen LogP contribution in [0.15, 0.2) is 42.5 Å². The second-order valence-corrected chi connectivity index (χ2v) is 6.08. The Labute approximate surface area is 107 Å². The van der Waals surface area contributed by atoms with Crippen LogP contribution in [0, 0.1) is 0 Å². The highest BCUT2D eigenvalue weighted by atomic mass is 35.5. The Morgan fingerprint density at radius 2 is 1.65 bits per heavy atom. The van der Waals surface area contributed by atoms with E-state index in [1.807, 2.05) is 0 Å². The summed E-state index contributed by atoms with van der Waals surface area (Å²) in [5, 5.41) is 0. The van der Waals surface area contributed by atoms with E-state index in [2.05, 4.69) is 56.3 Å². The minimum atomic E-state index is -0.298. The van der Waals surface area contributed by atoms with Gasteiger partial charge in [0.1, 0.15) is 0 Å². The maximum atomic E-state index is 6.49. The predicted molar refractivity (Wildman–Crippen MR) is 73.6 cm³/mol. The molecule has 0 radical (unpaired) electrons. The van der Waals surface area contributed by atoms with E-state index in [-0.39, 0.29) is 4.87 Å². The molecule has 0 nitrogen and oxygen atoms in total. The summed E-state index contributed by atoms with van der Waals surface area (Å²) in [6.07, 6.45) is 1.01. The maximum Gasteiger partial charge on any atom is 0.0641 e. The van der Waals surface area contributed by atoms with Crippen molar-refractivity contribution in [2.24, 2.45) is 0 Å². The van der Waals surface area contributed by atoms with Gasteiger partial charge in [-0.1, -0.05) is 42.5 Å². The van der Waals surface area contributed by atoms with Crippen LogP contribution in [0.5, 0.6) is 0 Å². The van der Waals surface area contributed by atoms with Gasteiger partial charge in [-0.3, -0.25) is 0 Å². The summed E-state index contributed by atoms with van der Waals surface area (Å²) in [6, 6.07) is 15.1. The molecule has 17 heavy (non-hydrogen) atoms. The molecule has 1 aliphatic rings. The van der Waals surface area contributed by atoms with Crippen LogP contribution < -0.4 is 0 Å². The molecule has 0 saturated heterocycles. The molecule has 0 aliphatic heterocycles. The van der Waals surface area contributed by atoms with Crippen LogP contribution in [0.25, 0.3) is 11.1 Å². The van der Waals surface area contributed by atoms with Crippen molar-refractivity contribution in [3.63, 3.8) is 0 Å². The van der Waals surface area contributed by atoms with Crippen molar-refractivity contribution in [1.29, 1.82) is 0 Å². The van der Waals surface area contributed by atoms with Gasteiger partial charge in [-0.2, -0.15) is 0 Å². The Morgan fingerprint density at radius 3 is 2.41 bits per heavy atom. The van der Waals surface area contributed by atoms with Gasteiger partial charge in [0.25, 0.3) is 0 Å². The minimum absolute atomic E-state index is 0.298. The van der Waals surface area contributed by atoms with Crippen molar-refractivity contribution in [2.75, 3.05) is 0 Å². The average molecular weight is 243 g/mol. The summed E-state index contributed by atoms with van der Waals surface area (Å²) in [5.74, 6) is 0. The molecule has 0 aromatic heterocycles. The third-order valence-corrected chi connectivity index (χ3v) is 3.69. The molecule has 0 saturated carbocycles. The lowest BCUT2D eigenvalue weighted by molar-refractivity contribution is 0.756. The molecule has 86 valence electrons. The minimum Gasteiger partial charge on any atom is -0.115 e. The van der Waals surface area contributed by atoms with Gasteiger partial charge in [0.05, 0.1) is 4.87 Å². The van der Waals surface area contributed by atoms with Crippen molar-refractivity contribution in [3.8, 4) is 11.1 Å². The predicted octanol–water partition coefficient (Wildman–Crippen LogP) is 4.73. The van der Waals surface area contributed by atoms with Crippen LogP contribution in [0.1, 0.15) is 30.5 Å². The number of hydrogen-bond donors (Lipinski definition) is 0. The number of fused-ring (bicyclic) bond motifs is 3.